The van der Waals surface area contributed by atoms with Crippen molar-refractivity contribution in [1.29, 1.82) is 0 Å². The van der Waals surface area contributed by atoms with E-state index in [1.54, 1.807) is 36.4 Å². The van der Waals surface area contributed by atoms with Gasteiger partial charge in [-0.25, -0.2) is 0 Å². The van der Waals surface area contributed by atoms with Gasteiger partial charge in [-0.2, -0.15) is 0 Å². The smallest absolute Gasteiger partial charge is 0.303 e. The van der Waals surface area contributed by atoms with Crippen LogP contribution < -0.4 is 10.6 Å². The third-order valence-electron chi connectivity index (χ3n) is 4.27. The number of rotatable bonds is 11. The molecule has 2 rings (SSSR count). The van der Waals surface area contributed by atoms with Crippen LogP contribution in [0.4, 0.5) is 5.69 Å². The van der Waals surface area contributed by atoms with Crippen LogP contribution in [0.15, 0.2) is 60.3 Å². The zero-order valence-electron chi connectivity index (χ0n) is 16.7. The van der Waals surface area contributed by atoms with Gasteiger partial charge in [-0.1, -0.05) is 36.8 Å². The summed E-state index contributed by atoms with van der Waals surface area (Å²) in [7, 11) is 0. The Kier molecular flexibility index (Phi) is 8.90. The summed E-state index contributed by atoms with van der Waals surface area (Å²) < 4.78 is 0. The van der Waals surface area contributed by atoms with Crippen LogP contribution in [0.25, 0.3) is 6.08 Å². The van der Waals surface area contributed by atoms with Crippen molar-refractivity contribution >= 4 is 29.5 Å². The molecule has 0 aliphatic heterocycles. The molecule has 0 aromatic heterocycles. The van der Waals surface area contributed by atoms with Crippen LogP contribution in [0.3, 0.4) is 0 Å². The van der Waals surface area contributed by atoms with Gasteiger partial charge in [0.1, 0.15) is 5.70 Å². The first-order valence-electron chi connectivity index (χ1n) is 9.69. The van der Waals surface area contributed by atoms with Gasteiger partial charge < -0.3 is 15.7 Å². The lowest BCUT2D eigenvalue weighted by Crippen LogP contribution is -2.35. The molecule has 0 atom stereocenters. The first-order chi connectivity index (χ1) is 14.9. The van der Waals surface area contributed by atoms with Crippen molar-refractivity contribution in [2.24, 2.45) is 0 Å². The van der Waals surface area contributed by atoms with E-state index in [0.717, 1.165) is 0 Å². The molecule has 0 radical (unpaired) electrons. The molecule has 31 heavy (non-hydrogen) atoms. The Morgan fingerprint density at radius 2 is 1.74 bits per heavy atom. The number of carboxylic acids is 1. The third kappa shape index (κ3) is 8.09. The van der Waals surface area contributed by atoms with Crippen molar-refractivity contribution in [2.75, 3.05) is 6.54 Å². The number of nitro benzene ring substituents is 1. The summed E-state index contributed by atoms with van der Waals surface area (Å²) >= 11 is 0. The number of unbranched alkanes of at least 4 members (excludes halogenated alkanes) is 2. The molecular formula is C22H23N3O6. The van der Waals surface area contributed by atoms with Crippen LogP contribution >= 0.6 is 0 Å². The number of carbonyl (C=O) groups is 3. The number of amides is 2. The Labute approximate surface area is 178 Å². The quantitative estimate of drug-likeness (QED) is 0.219. The van der Waals surface area contributed by atoms with E-state index in [1.807, 2.05) is 0 Å². The van der Waals surface area contributed by atoms with Gasteiger partial charge in [-0.3, -0.25) is 24.5 Å². The van der Waals surface area contributed by atoms with Crippen molar-refractivity contribution in [3.8, 4) is 0 Å². The van der Waals surface area contributed by atoms with Crippen molar-refractivity contribution < 1.29 is 24.4 Å². The number of nitro groups is 1. The van der Waals surface area contributed by atoms with Crippen LogP contribution in [-0.2, 0) is 9.59 Å². The molecule has 162 valence electrons. The van der Waals surface area contributed by atoms with E-state index < -0.39 is 22.7 Å². The van der Waals surface area contributed by atoms with Gasteiger partial charge in [0, 0.05) is 30.7 Å². The highest BCUT2D eigenvalue weighted by Gasteiger charge is 2.15. The predicted octanol–water partition coefficient (Wildman–Crippen LogP) is 3.13. The van der Waals surface area contributed by atoms with Crippen LogP contribution in [0.5, 0.6) is 0 Å². The second-order valence-electron chi connectivity index (χ2n) is 6.69. The topological polar surface area (TPSA) is 139 Å². The van der Waals surface area contributed by atoms with Crippen molar-refractivity contribution in [1.82, 2.24) is 10.6 Å². The van der Waals surface area contributed by atoms with Gasteiger partial charge in [-0.15, -0.1) is 0 Å². The van der Waals surface area contributed by atoms with E-state index in [4.69, 9.17) is 5.11 Å². The second kappa shape index (κ2) is 11.9. The zero-order valence-corrected chi connectivity index (χ0v) is 16.7. The van der Waals surface area contributed by atoms with Crippen LogP contribution in [0.1, 0.15) is 41.6 Å². The number of hydrogen-bond donors (Lipinski definition) is 3. The molecule has 0 saturated heterocycles. The highest BCUT2D eigenvalue weighted by atomic mass is 16.6. The number of nitrogens with zero attached hydrogens (tertiary/aromatic N) is 1. The minimum absolute atomic E-state index is 0.0557. The first-order valence-corrected chi connectivity index (χ1v) is 9.69. The fourth-order valence-corrected chi connectivity index (χ4v) is 2.71. The molecule has 0 unspecified atom stereocenters. The number of non-ortho nitro benzene ring substituents is 1. The van der Waals surface area contributed by atoms with Crippen molar-refractivity contribution in [3.05, 3.63) is 81.5 Å². The normalized spacial score (nSPS) is 10.9. The molecular weight excluding hydrogens is 402 g/mol. The lowest BCUT2D eigenvalue weighted by atomic mass is 10.1. The number of benzene rings is 2. The van der Waals surface area contributed by atoms with Crippen molar-refractivity contribution in [2.45, 2.75) is 25.7 Å². The summed E-state index contributed by atoms with van der Waals surface area (Å²) in [5.41, 5.74) is 0.546. The van der Waals surface area contributed by atoms with E-state index in [0.29, 0.717) is 36.9 Å². The molecule has 0 saturated carbocycles. The summed E-state index contributed by atoms with van der Waals surface area (Å²) in [6.45, 7) is 0.298. The highest BCUT2D eigenvalue weighted by Crippen LogP contribution is 2.15. The lowest BCUT2D eigenvalue weighted by molar-refractivity contribution is -0.384. The van der Waals surface area contributed by atoms with Crippen LogP contribution in [-0.4, -0.2) is 34.4 Å². The summed E-state index contributed by atoms with van der Waals surface area (Å²) in [6, 6.07) is 14.0. The fourth-order valence-electron chi connectivity index (χ4n) is 2.71. The largest absolute Gasteiger partial charge is 0.481 e. The predicted molar refractivity (Wildman–Crippen MR) is 114 cm³/mol. The number of hydrogen-bond acceptors (Lipinski definition) is 5. The molecule has 3 N–H and O–H groups in total. The highest BCUT2D eigenvalue weighted by molar-refractivity contribution is 6.05. The Balaban J connectivity index is 2.12. The van der Waals surface area contributed by atoms with Crippen LogP contribution in [0.2, 0.25) is 0 Å². The molecule has 0 aliphatic carbocycles. The van der Waals surface area contributed by atoms with Gasteiger partial charge in [-0.05, 0) is 36.6 Å². The van der Waals surface area contributed by atoms with Crippen LogP contribution in [0, 0.1) is 10.1 Å². The monoisotopic (exact) mass is 425 g/mol. The summed E-state index contributed by atoms with van der Waals surface area (Å²) in [5, 5.41) is 24.9. The van der Waals surface area contributed by atoms with Crippen molar-refractivity contribution in [3.63, 3.8) is 0 Å². The van der Waals surface area contributed by atoms with E-state index in [2.05, 4.69) is 10.6 Å². The number of carbonyl (C=O) groups excluding carboxylic acids is 2. The lowest BCUT2D eigenvalue weighted by Gasteiger charge is -2.11. The number of nitrogens with one attached hydrogen (secondary N) is 2. The second-order valence-corrected chi connectivity index (χ2v) is 6.69. The Bertz CT molecular complexity index is 972. The molecule has 0 fully saturated rings. The van der Waals surface area contributed by atoms with E-state index in [1.165, 1.54) is 24.3 Å². The number of aliphatic carboxylic acids is 1. The van der Waals surface area contributed by atoms with E-state index in [9.17, 15) is 24.5 Å². The van der Waals surface area contributed by atoms with E-state index in [-0.39, 0.29) is 17.8 Å². The third-order valence-corrected chi connectivity index (χ3v) is 4.27. The molecule has 2 aromatic carbocycles. The van der Waals surface area contributed by atoms with Gasteiger partial charge in [0.05, 0.1) is 4.92 Å². The molecule has 2 aromatic rings. The van der Waals surface area contributed by atoms with Gasteiger partial charge in [0.2, 0.25) is 0 Å². The molecule has 2 amide bonds. The Morgan fingerprint density at radius 3 is 2.42 bits per heavy atom. The Morgan fingerprint density at radius 1 is 1.00 bits per heavy atom. The summed E-state index contributed by atoms with van der Waals surface area (Å²) in [4.78, 5) is 46.1. The SMILES string of the molecule is O=C(O)CCCCCNC(=O)C(=Cc1cccc([N+](=O)[O-])c1)NC(=O)c1ccccc1. The molecule has 0 bridgehead atoms. The van der Waals surface area contributed by atoms with Gasteiger partial charge in [0.15, 0.2) is 0 Å². The minimum Gasteiger partial charge on any atom is -0.481 e. The summed E-state index contributed by atoms with van der Waals surface area (Å²) in [5.74, 6) is -1.90. The molecule has 0 heterocycles. The minimum atomic E-state index is -0.866. The maximum Gasteiger partial charge on any atom is 0.303 e. The zero-order chi connectivity index (χ0) is 22.6. The summed E-state index contributed by atoms with van der Waals surface area (Å²) in [6.07, 6.45) is 3.15. The van der Waals surface area contributed by atoms with E-state index >= 15 is 0 Å². The molecule has 9 heteroatoms. The average molecular weight is 425 g/mol. The molecule has 9 nitrogen and oxygen atoms in total. The molecule has 0 aliphatic rings. The first kappa shape index (κ1) is 23.3. The maximum atomic E-state index is 12.7. The average Bonchev–Trinajstić information content (AvgIpc) is 2.76. The maximum absolute atomic E-state index is 12.7. The standard InChI is InChI=1S/C22H23N3O6/c26-20(27)12-5-2-6-13-23-22(29)19(24-21(28)17-9-3-1-4-10-17)15-16-8-7-11-18(14-16)25(30)31/h1,3-4,7-11,14-15H,2,5-6,12-13H2,(H,23,29)(H,24,28)(H,26,27). The van der Waals surface area contributed by atoms with Gasteiger partial charge >= 0.3 is 5.97 Å². The number of carboxylic acid groups (broad SMARTS) is 1. The Hall–Kier alpha value is -4.01. The fraction of sp³-hybridized carbons (Fsp3) is 0.227. The molecule has 0 spiro atoms. The van der Waals surface area contributed by atoms with Gasteiger partial charge in [0.25, 0.3) is 17.5 Å².